The van der Waals surface area contributed by atoms with Crippen LogP contribution in [-0.4, -0.2) is 48.3 Å². The molecule has 3 rings (SSSR count). The summed E-state index contributed by atoms with van der Waals surface area (Å²) < 4.78 is 3.21. The molecule has 1 amide bonds. The Morgan fingerprint density at radius 2 is 2.10 bits per heavy atom. The van der Waals surface area contributed by atoms with E-state index in [4.69, 9.17) is 16.7 Å². The predicted molar refractivity (Wildman–Crippen MR) is 107 cm³/mol. The Bertz CT molecular complexity index is 1010. The summed E-state index contributed by atoms with van der Waals surface area (Å²) >= 11 is 6.06. The second-order valence-corrected chi connectivity index (χ2v) is 6.82. The second kappa shape index (κ2) is 9.33. The van der Waals surface area contributed by atoms with E-state index in [1.807, 2.05) is 19.1 Å². The summed E-state index contributed by atoms with van der Waals surface area (Å²) in [5.41, 5.74) is 2.08. The first-order valence-electron chi connectivity index (χ1n) is 9.24. The fraction of sp³-hybridized carbons (Fsp3) is 0.316. The maximum absolute atomic E-state index is 12.6. The van der Waals surface area contributed by atoms with Crippen molar-refractivity contribution >= 4 is 23.5 Å². The van der Waals surface area contributed by atoms with E-state index in [1.165, 1.54) is 10.9 Å². The molecule has 0 atom stereocenters. The number of unbranched alkanes of at least 4 members (excludes halogenated alkanes) is 1. The maximum Gasteiger partial charge on any atom is 0.358 e. The lowest BCUT2D eigenvalue weighted by Crippen LogP contribution is -2.25. The minimum absolute atomic E-state index is 0.0814. The smallest absolute Gasteiger partial charge is 0.358 e. The maximum atomic E-state index is 12.6. The lowest BCUT2D eigenvalue weighted by molar-refractivity contribution is 0.0690. The number of nitrogens with zero attached hydrogens (tertiary/aromatic N) is 5. The molecule has 0 unspecified atom stereocenters. The van der Waals surface area contributed by atoms with Crippen LogP contribution in [0.2, 0.25) is 5.02 Å². The first-order valence-corrected chi connectivity index (χ1v) is 9.62. The molecule has 2 N–H and O–H groups in total. The predicted octanol–water partition coefficient (Wildman–Crippen LogP) is 2.59. The van der Waals surface area contributed by atoms with Crippen molar-refractivity contribution in [2.45, 2.75) is 32.7 Å². The van der Waals surface area contributed by atoms with Crippen molar-refractivity contribution in [3.05, 3.63) is 58.6 Å². The summed E-state index contributed by atoms with van der Waals surface area (Å²) in [6.45, 7) is 2.99. The van der Waals surface area contributed by atoms with Crippen molar-refractivity contribution in [1.82, 2.24) is 30.1 Å². The summed E-state index contributed by atoms with van der Waals surface area (Å²) in [4.78, 5) is 23.3. The fourth-order valence-electron chi connectivity index (χ4n) is 2.94. The normalized spacial score (nSPS) is 10.8. The number of amides is 1. The lowest BCUT2D eigenvalue weighted by atomic mass is 10.2. The number of hydrogen-bond acceptors (Lipinski definition) is 5. The molecule has 152 valence electrons. The Kier molecular flexibility index (Phi) is 6.61. The number of aromatic nitrogens is 5. The first-order chi connectivity index (χ1) is 14.0. The van der Waals surface area contributed by atoms with Crippen LogP contribution in [0.5, 0.6) is 0 Å². The largest absolute Gasteiger partial charge is 0.476 e. The van der Waals surface area contributed by atoms with Crippen molar-refractivity contribution in [3.8, 4) is 5.69 Å². The highest BCUT2D eigenvalue weighted by Crippen LogP contribution is 2.19. The van der Waals surface area contributed by atoms with Crippen molar-refractivity contribution in [3.63, 3.8) is 0 Å². The molecule has 0 saturated heterocycles. The van der Waals surface area contributed by atoms with E-state index in [9.17, 15) is 9.59 Å². The third-order valence-electron chi connectivity index (χ3n) is 4.36. The molecule has 0 fully saturated rings. The van der Waals surface area contributed by atoms with Crippen molar-refractivity contribution < 1.29 is 14.7 Å². The van der Waals surface area contributed by atoms with E-state index < -0.39 is 5.97 Å². The third-order valence-corrected chi connectivity index (χ3v) is 4.59. The molecule has 29 heavy (non-hydrogen) atoms. The number of carbonyl (C=O) groups excluding carboxylic acids is 1. The molecule has 2 aromatic heterocycles. The van der Waals surface area contributed by atoms with Crippen LogP contribution in [0.3, 0.4) is 0 Å². The Morgan fingerprint density at radius 3 is 2.79 bits per heavy atom. The van der Waals surface area contributed by atoms with E-state index in [0.29, 0.717) is 30.1 Å². The molecule has 1 aromatic carbocycles. The number of benzene rings is 1. The molecule has 0 radical (unpaired) electrons. The second-order valence-electron chi connectivity index (χ2n) is 6.39. The lowest BCUT2D eigenvalue weighted by Gasteiger charge is -2.09. The number of aryl methyl sites for hydroxylation is 1. The van der Waals surface area contributed by atoms with Gasteiger partial charge in [0, 0.05) is 18.1 Å². The van der Waals surface area contributed by atoms with E-state index in [2.05, 4.69) is 20.7 Å². The van der Waals surface area contributed by atoms with Gasteiger partial charge in [-0.25, -0.2) is 9.48 Å². The first kappa shape index (κ1) is 20.5. The van der Waals surface area contributed by atoms with Gasteiger partial charge in [-0.15, -0.1) is 5.10 Å². The molecular formula is C19H21ClN6O3. The summed E-state index contributed by atoms with van der Waals surface area (Å²) in [6.07, 6.45) is 5.05. The highest BCUT2D eigenvalue weighted by molar-refractivity contribution is 6.30. The number of carboxylic acids is 1. The van der Waals surface area contributed by atoms with Gasteiger partial charge in [0.2, 0.25) is 0 Å². The van der Waals surface area contributed by atoms with Gasteiger partial charge in [0.15, 0.2) is 5.69 Å². The average molecular weight is 417 g/mol. The van der Waals surface area contributed by atoms with Crippen LogP contribution >= 0.6 is 11.6 Å². The number of halogens is 1. The van der Waals surface area contributed by atoms with Gasteiger partial charge in [-0.3, -0.25) is 9.48 Å². The number of aromatic carboxylic acids is 1. The molecule has 0 aliphatic carbocycles. The van der Waals surface area contributed by atoms with E-state index >= 15 is 0 Å². The molecule has 3 aromatic rings. The van der Waals surface area contributed by atoms with Gasteiger partial charge < -0.3 is 10.4 Å². The highest BCUT2D eigenvalue weighted by atomic mass is 35.5. The monoisotopic (exact) mass is 416 g/mol. The van der Waals surface area contributed by atoms with E-state index in [-0.39, 0.29) is 11.6 Å². The van der Waals surface area contributed by atoms with Gasteiger partial charge in [0.1, 0.15) is 0 Å². The van der Waals surface area contributed by atoms with Gasteiger partial charge in [-0.1, -0.05) is 29.8 Å². The fourth-order valence-corrected chi connectivity index (χ4v) is 3.12. The van der Waals surface area contributed by atoms with Gasteiger partial charge in [-0.2, -0.15) is 5.10 Å². The average Bonchev–Trinajstić information content (AvgIpc) is 3.34. The van der Waals surface area contributed by atoms with Crippen LogP contribution in [0.1, 0.15) is 46.3 Å². The number of hydrogen-bond donors (Lipinski definition) is 2. The van der Waals surface area contributed by atoms with Gasteiger partial charge in [0.05, 0.1) is 29.3 Å². The summed E-state index contributed by atoms with van der Waals surface area (Å²) in [7, 11) is 0. The zero-order chi connectivity index (χ0) is 20.8. The number of carbonyl (C=O) groups is 2. The Balaban J connectivity index is 1.53. The minimum Gasteiger partial charge on any atom is -0.476 e. The molecule has 9 nitrogen and oxygen atoms in total. The van der Waals surface area contributed by atoms with E-state index in [0.717, 1.165) is 24.2 Å². The summed E-state index contributed by atoms with van der Waals surface area (Å²) in [6, 6.07) is 7.32. The van der Waals surface area contributed by atoms with Crippen molar-refractivity contribution in [2.75, 3.05) is 6.54 Å². The van der Waals surface area contributed by atoms with Crippen LogP contribution in [0.15, 0.2) is 36.7 Å². The molecular weight excluding hydrogens is 396 g/mol. The van der Waals surface area contributed by atoms with Gasteiger partial charge in [-0.05, 0) is 37.5 Å². The van der Waals surface area contributed by atoms with Crippen molar-refractivity contribution in [2.24, 2.45) is 0 Å². The molecule has 0 spiro atoms. The Morgan fingerprint density at radius 1 is 1.28 bits per heavy atom. The zero-order valence-corrected chi connectivity index (χ0v) is 16.6. The van der Waals surface area contributed by atoms with E-state index in [1.54, 1.807) is 23.0 Å². The van der Waals surface area contributed by atoms with Crippen LogP contribution in [0.25, 0.3) is 5.69 Å². The number of nitrogens with one attached hydrogen (secondary N) is 1. The molecule has 0 aliphatic rings. The molecule has 0 saturated carbocycles. The Hall–Kier alpha value is -3.20. The summed E-state index contributed by atoms with van der Waals surface area (Å²) in [5.74, 6) is -1.28. The number of carboxylic acid groups (broad SMARTS) is 1. The third kappa shape index (κ3) is 5.00. The number of rotatable bonds is 9. The minimum atomic E-state index is -1.10. The molecule has 2 heterocycles. The summed E-state index contributed by atoms with van der Waals surface area (Å²) in [5, 5.41) is 24.0. The van der Waals surface area contributed by atoms with Gasteiger partial charge >= 0.3 is 5.97 Å². The molecule has 10 heteroatoms. The van der Waals surface area contributed by atoms with Crippen LogP contribution in [0.4, 0.5) is 0 Å². The van der Waals surface area contributed by atoms with Crippen LogP contribution in [-0.2, 0) is 13.0 Å². The topological polar surface area (TPSA) is 115 Å². The molecule has 0 aliphatic heterocycles. The highest BCUT2D eigenvalue weighted by Gasteiger charge is 2.17. The quantitative estimate of drug-likeness (QED) is 0.518. The van der Waals surface area contributed by atoms with Crippen molar-refractivity contribution in [1.29, 1.82) is 0 Å². The Labute approximate surface area is 172 Å². The van der Waals surface area contributed by atoms with Gasteiger partial charge in [0.25, 0.3) is 5.91 Å². The van der Waals surface area contributed by atoms with Crippen LogP contribution < -0.4 is 5.32 Å². The van der Waals surface area contributed by atoms with Crippen LogP contribution in [0, 0.1) is 0 Å². The SMILES string of the molecule is CCc1c(C(=O)NCCCCn2cc(C(=O)O)nn2)cnn1-c1cccc(Cl)c1. The molecule has 0 bridgehead atoms. The standard InChI is InChI=1S/C19H21ClN6O3/c1-2-17-15(11-22-26(17)14-7-5-6-13(20)10-14)18(27)21-8-3-4-9-25-12-16(19(28)29)23-24-25/h5-7,10-12H,2-4,8-9H2,1H3,(H,21,27)(H,28,29). The zero-order valence-electron chi connectivity index (χ0n) is 15.9.